The Hall–Kier alpha value is -3.67. The SMILES string of the molecule is O=C1NC(=O)c2c1c1c3ccc(F)cc3[nH]c1c1c2c2cccc3c2n1CCCC3. The van der Waals surface area contributed by atoms with Gasteiger partial charge in [0.15, 0.2) is 0 Å². The highest BCUT2D eigenvalue weighted by Gasteiger charge is 2.36. The van der Waals surface area contributed by atoms with E-state index in [0.717, 1.165) is 58.5 Å². The molecule has 0 bridgehead atoms. The summed E-state index contributed by atoms with van der Waals surface area (Å²) in [5, 5.41) is 5.75. The number of carbonyl (C=O) groups excluding carboxylic acids is 2. The van der Waals surface area contributed by atoms with Gasteiger partial charge in [0.05, 0.1) is 27.7 Å². The number of aromatic nitrogens is 2. The van der Waals surface area contributed by atoms with Gasteiger partial charge in [-0.05, 0) is 43.0 Å². The second kappa shape index (κ2) is 5.27. The molecule has 6 heteroatoms. The molecule has 0 saturated carbocycles. The third-order valence-electron chi connectivity index (χ3n) is 6.67. The summed E-state index contributed by atoms with van der Waals surface area (Å²) in [5.74, 6) is -1.10. The van der Waals surface area contributed by atoms with Gasteiger partial charge in [0.1, 0.15) is 5.82 Å². The maximum absolute atomic E-state index is 14.0. The fourth-order valence-electron chi connectivity index (χ4n) is 5.55. The van der Waals surface area contributed by atoms with Crippen LogP contribution < -0.4 is 5.32 Å². The first-order chi connectivity index (χ1) is 14.6. The number of aromatic amines is 1. The number of fused-ring (bicyclic) bond motifs is 10. The second-order valence-corrected chi connectivity index (χ2v) is 8.24. The third-order valence-corrected chi connectivity index (χ3v) is 6.67. The van der Waals surface area contributed by atoms with Gasteiger partial charge in [0, 0.05) is 33.6 Å². The van der Waals surface area contributed by atoms with Gasteiger partial charge in [-0.25, -0.2) is 4.39 Å². The molecule has 0 radical (unpaired) electrons. The van der Waals surface area contributed by atoms with Gasteiger partial charge in [0.2, 0.25) is 0 Å². The lowest BCUT2D eigenvalue weighted by molar-refractivity contribution is 0.0880. The number of benzene rings is 3. The average molecular weight is 397 g/mol. The lowest BCUT2D eigenvalue weighted by Gasteiger charge is -2.08. The van der Waals surface area contributed by atoms with Crippen LogP contribution in [0.4, 0.5) is 4.39 Å². The molecule has 2 N–H and O–H groups in total. The van der Waals surface area contributed by atoms with Crippen LogP contribution in [-0.2, 0) is 13.0 Å². The number of nitrogens with one attached hydrogen (secondary N) is 2. The first kappa shape index (κ1) is 16.2. The normalized spacial score (nSPS) is 16.0. The van der Waals surface area contributed by atoms with Crippen molar-refractivity contribution in [3.05, 3.63) is 58.9 Å². The number of H-pyrrole nitrogens is 1. The molecule has 5 aromatic rings. The number of hydrogen-bond donors (Lipinski definition) is 2. The molecule has 0 saturated heterocycles. The number of amides is 2. The molecule has 0 aliphatic carbocycles. The van der Waals surface area contributed by atoms with Crippen molar-refractivity contribution in [2.45, 2.75) is 25.8 Å². The Morgan fingerprint density at radius 3 is 2.60 bits per heavy atom. The summed E-state index contributed by atoms with van der Waals surface area (Å²) in [4.78, 5) is 29.2. The van der Waals surface area contributed by atoms with Crippen LogP contribution in [0.2, 0.25) is 0 Å². The standard InChI is InChI=1S/C24H16FN3O2/c25-12-7-8-13-15(10-12)26-20-16(13)18-19(24(30)27-23(18)29)17-14-6-3-5-11-4-1-2-9-28(21(11)14)22(17)20/h3,5-8,10,26H,1-2,4,9H2,(H,27,29,30). The number of imide groups is 1. The Morgan fingerprint density at radius 1 is 0.900 bits per heavy atom. The van der Waals surface area contributed by atoms with Crippen molar-refractivity contribution >= 4 is 55.4 Å². The molecule has 2 aliphatic rings. The fourth-order valence-corrected chi connectivity index (χ4v) is 5.55. The first-order valence-corrected chi connectivity index (χ1v) is 10.2. The minimum absolute atomic E-state index is 0.344. The molecule has 30 heavy (non-hydrogen) atoms. The van der Waals surface area contributed by atoms with Crippen molar-refractivity contribution in [1.82, 2.24) is 14.9 Å². The van der Waals surface area contributed by atoms with E-state index < -0.39 is 5.91 Å². The quantitative estimate of drug-likeness (QED) is 0.369. The topological polar surface area (TPSA) is 66.9 Å². The Balaban J connectivity index is 1.86. The van der Waals surface area contributed by atoms with Crippen molar-refractivity contribution in [1.29, 1.82) is 0 Å². The van der Waals surface area contributed by atoms with Crippen LogP contribution in [0.15, 0.2) is 36.4 Å². The summed E-state index contributed by atoms with van der Waals surface area (Å²) in [6, 6.07) is 10.7. The number of halogens is 1. The molecule has 2 aromatic heterocycles. The lowest BCUT2D eigenvalue weighted by atomic mass is 9.96. The zero-order valence-electron chi connectivity index (χ0n) is 15.9. The van der Waals surface area contributed by atoms with E-state index in [-0.39, 0.29) is 11.7 Å². The van der Waals surface area contributed by atoms with E-state index >= 15 is 0 Å². The van der Waals surface area contributed by atoms with E-state index in [4.69, 9.17) is 0 Å². The van der Waals surface area contributed by atoms with Crippen LogP contribution >= 0.6 is 0 Å². The first-order valence-electron chi connectivity index (χ1n) is 10.2. The fraction of sp³-hybridized carbons (Fsp3) is 0.167. The second-order valence-electron chi connectivity index (χ2n) is 8.24. The smallest absolute Gasteiger partial charge is 0.259 e. The molecular weight excluding hydrogens is 381 g/mol. The van der Waals surface area contributed by atoms with Crippen LogP contribution in [0.25, 0.3) is 43.6 Å². The predicted octanol–water partition coefficient (Wildman–Crippen LogP) is 4.79. The minimum atomic E-state index is -0.392. The number of rotatable bonds is 0. The van der Waals surface area contributed by atoms with Gasteiger partial charge in [0.25, 0.3) is 11.8 Å². The molecule has 5 nitrogen and oxygen atoms in total. The highest BCUT2D eigenvalue weighted by Crippen LogP contribution is 2.44. The van der Waals surface area contributed by atoms with Crippen molar-refractivity contribution in [3.63, 3.8) is 0 Å². The van der Waals surface area contributed by atoms with Crippen LogP contribution in [0.5, 0.6) is 0 Å². The van der Waals surface area contributed by atoms with Crippen LogP contribution in [0, 0.1) is 5.82 Å². The van der Waals surface area contributed by atoms with Gasteiger partial charge >= 0.3 is 0 Å². The van der Waals surface area contributed by atoms with Crippen LogP contribution in [-0.4, -0.2) is 21.4 Å². The summed E-state index contributed by atoms with van der Waals surface area (Å²) in [6.45, 7) is 0.837. The monoisotopic (exact) mass is 397 g/mol. The van der Waals surface area contributed by atoms with Crippen molar-refractivity contribution < 1.29 is 14.0 Å². The van der Waals surface area contributed by atoms with E-state index in [9.17, 15) is 14.0 Å². The number of aryl methyl sites for hydroxylation is 2. The van der Waals surface area contributed by atoms with E-state index in [0.29, 0.717) is 22.0 Å². The van der Waals surface area contributed by atoms with E-state index in [1.807, 2.05) is 12.1 Å². The molecule has 0 unspecified atom stereocenters. The van der Waals surface area contributed by atoms with Crippen molar-refractivity contribution in [2.24, 2.45) is 0 Å². The van der Waals surface area contributed by atoms with Gasteiger partial charge in [-0.1, -0.05) is 18.2 Å². The molecule has 146 valence electrons. The van der Waals surface area contributed by atoms with Gasteiger partial charge in [-0.15, -0.1) is 0 Å². The van der Waals surface area contributed by atoms with Crippen LogP contribution in [0.3, 0.4) is 0 Å². The minimum Gasteiger partial charge on any atom is -0.353 e. The maximum atomic E-state index is 14.0. The third kappa shape index (κ3) is 1.78. The van der Waals surface area contributed by atoms with E-state index in [1.54, 1.807) is 6.07 Å². The molecule has 0 spiro atoms. The predicted molar refractivity (Wildman–Crippen MR) is 113 cm³/mol. The Bertz CT molecular complexity index is 1620. The summed E-state index contributed by atoms with van der Waals surface area (Å²) >= 11 is 0. The Labute approximate surface area is 169 Å². The van der Waals surface area contributed by atoms with Crippen molar-refractivity contribution in [2.75, 3.05) is 0 Å². The molecule has 0 fully saturated rings. The molecular formula is C24H16FN3O2. The van der Waals surface area contributed by atoms with E-state index in [1.165, 1.54) is 17.7 Å². The zero-order chi connectivity index (χ0) is 20.1. The highest BCUT2D eigenvalue weighted by atomic mass is 19.1. The summed E-state index contributed by atoms with van der Waals surface area (Å²) in [7, 11) is 0. The number of carbonyl (C=O) groups is 2. The van der Waals surface area contributed by atoms with Gasteiger partial charge in [-0.3, -0.25) is 14.9 Å². The molecule has 3 aromatic carbocycles. The molecule has 0 atom stereocenters. The van der Waals surface area contributed by atoms with Gasteiger partial charge in [-0.2, -0.15) is 0 Å². The Morgan fingerprint density at radius 2 is 1.73 bits per heavy atom. The average Bonchev–Trinajstić information content (AvgIpc) is 3.28. The molecule has 2 aliphatic heterocycles. The summed E-state index contributed by atoms with van der Waals surface area (Å²) < 4.78 is 16.3. The lowest BCUT2D eigenvalue weighted by Crippen LogP contribution is -2.20. The summed E-state index contributed by atoms with van der Waals surface area (Å²) in [6.07, 6.45) is 3.13. The van der Waals surface area contributed by atoms with Crippen LogP contribution in [0.1, 0.15) is 39.1 Å². The van der Waals surface area contributed by atoms with Gasteiger partial charge < -0.3 is 9.55 Å². The zero-order valence-corrected chi connectivity index (χ0v) is 15.9. The largest absolute Gasteiger partial charge is 0.353 e. The number of para-hydroxylation sites is 1. The van der Waals surface area contributed by atoms with E-state index in [2.05, 4.69) is 20.9 Å². The number of hydrogen-bond acceptors (Lipinski definition) is 2. The number of nitrogens with zero attached hydrogens (tertiary/aromatic N) is 1. The Kier molecular flexibility index (Phi) is 2.84. The summed E-state index contributed by atoms with van der Waals surface area (Å²) in [5.41, 5.74) is 5.56. The van der Waals surface area contributed by atoms with Crippen molar-refractivity contribution in [3.8, 4) is 0 Å². The molecule has 7 rings (SSSR count). The molecule has 2 amide bonds. The maximum Gasteiger partial charge on any atom is 0.259 e. The molecule has 4 heterocycles. The highest BCUT2D eigenvalue weighted by molar-refractivity contribution is 6.39.